The Hall–Kier alpha value is -1.88. The second-order valence-corrected chi connectivity index (χ2v) is 7.59. The minimum absolute atomic E-state index is 0.0500. The number of carbonyl (C=O) groups excluding carboxylic acids is 2. The minimum Gasteiger partial charge on any atom is -0.352 e. The summed E-state index contributed by atoms with van der Waals surface area (Å²) in [5.74, 6) is 0.132. The average molecular weight is 341 g/mol. The number of hydrogen-bond donors (Lipinski definition) is 2. The van der Waals surface area contributed by atoms with Crippen LogP contribution < -0.4 is 10.6 Å². The summed E-state index contributed by atoms with van der Waals surface area (Å²) in [5.41, 5.74) is 2.51. The molecule has 3 aliphatic rings. The topological polar surface area (TPSA) is 61.4 Å². The third-order valence-electron chi connectivity index (χ3n) is 5.92. The highest BCUT2D eigenvalue weighted by Gasteiger charge is 2.38. The highest BCUT2D eigenvalue weighted by Crippen LogP contribution is 2.24. The predicted molar refractivity (Wildman–Crippen MR) is 95.9 cm³/mol. The maximum atomic E-state index is 13.0. The Morgan fingerprint density at radius 2 is 1.80 bits per heavy atom. The number of hydrogen-bond acceptors (Lipinski definition) is 3. The molecule has 2 atom stereocenters. The summed E-state index contributed by atoms with van der Waals surface area (Å²) in [6.45, 7) is 1.42. The van der Waals surface area contributed by atoms with E-state index in [4.69, 9.17) is 0 Å². The monoisotopic (exact) mass is 341 g/mol. The van der Waals surface area contributed by atoms with Crippen LogP contribution in [-0.2, 0) is 22.6 Å². The molecule has 0 aromatic heterocycles. The Morgan fingerprint density at radius 1 is 1.04 bits per heavy atom. The second kappa shape index (κ2) is 7.16. The first-order valence-electron chi connectivity index (χ1n) is 9.63. The number of carbonyl (C=O) groups is 2. The van der Waals surface area contributed by atoms with E-state index >= 15 is 0 Å². The normalized spacial score (nSPS) is 26.5. The van der Waals surface area contributed by atoms with Crippen molar-refractivity contribution < 1.29 is 9.59 Å². The summed E-state index contributed by atoms with van der Waals surface area (Å²) in [6.07, 6.45) is 6.96. The van der Waals surface area contributed by atoms with Gasteiger partial charge in [-0.2, -0.15) is 0 Å². The molecule has 1 aromatic rings. The Morgan fingerprint density at radius 3 is 2.60 bits per heavy atom. The van der Waals surface area contributed by atoms with Gasteiger partial charge in [0.15, 0.2) is 0 Å². The maximum Gasteiger partial charge on any atom is 0.243 e. The van der Waals surface area contributed by atoms with Gasteiger partial charge in [0.05, 0.1) is 6.04 Å². The molecule has 5 heteroatoms. The fourth-order valence-electron chi connectivity index (χ4n) is 4.50. The van der Waals surface area contributed by atoms with Crippen molar-refractivity contribution in [2.24, 2.45) is 0 Å². The standard InChI is InChI=1S/C20H27N3O2/c24-19(22-16-8-3-4-9-16)18-10-5-11-23(18)20(25)17-12-14-6-1-2-7-15(14)13-21-17/h1-2,6-7,16-18,21H,3-5,8-13H2,(H,22,24)/t17-,18-/m0/s1. The van der Waals surface area contributed by atoms with E-state index in [-0.39, 0.29) is 23.9 Å². The summed E-state index contributed by atoms with van der Waals surface area (Å²) >= 11 is 0. The molecule has 2 amide bonds. The number of fused-ring (bicyclic) bond motifs is 1. The molecule has 25 heavy (non-hydrogen) atoms. The van der Waals surface area contributed by atoms with Crippen LogP contribution >= 0.6 is 0 Å². The molecule has 2 N–H and O–H groups in total. The van der Waals surface area contributed by atoms with Crippen LogP contribution in [-0.4, -0.2) is 41.4 Å². The maximum absolute atomic E-state index is 13.0. The molecular weight excluding hydrogens is 314 g/mol. The number of amides is 2. The van der Waals surface area contributed by atoms with Crippen molar-refractivity contribution in [2.45, 2.75) is 69.6 Å². The Labute approximate surface area is 149 Å². The van der Waals surface area contributed by atoms with E-state index in [2.05, 4.69) is 22.8 Å². The third kappa shape index (κ3) is 3.43. The predicted octanol–water partition coefficient (Wildman–Crippen LogP) is 1.75. The van der Waals surface area contributed by atoms with Crippen molar-refractivity contribution in [2.75, 3.05) is 6.54 Å². The van der Waals surface area contributed by atoms with Crippen LogP contribution in [0.5, 0.6) is 0 Å². The van der Waals surface area contributed by atoms with Gasteiger partial charge in [0, 0.05) is 19.1 Å². The van der Waals surface area contributed by atoms with Crippen LogP contribution in [0.4, 0.5) is 0 Å². The van der Waals surface area contributed by atoms with Crippen molar-refractivity contribution >= 4 is 11.8 Å². The van der Waals surface area contributed by atoms with E-state index in [0.29, 0.717) is 19.0 Å². The zero-order valence-electron chi connectivity index (χ0n) is 14.7. The molecule has 2 aliphatic heterocycles. The lowest BCUT2D eigenvalue weighted by molar-refractivity contribution is -0.140. The lowest BCUT2D eigenvalue weighted by atomic mass is 9.95. The Bertz CT molecular complexity index is 654. The van der Waals surface area contributed by atoms with Crippen LogP contribution in [0.15, 0.2) is 24.3 Å². The van der Waals surface area contributed by atoms with E-state index in [9.17, 15) is 9.59 Å². The molecule has 0 unspecified atom stereocenters. The highest BCUT2D eigenvalue weighted by molar-refractivity contribution is 5.90. The summed E-state index contributed by atoms with van der Waals surface area (Å²) < 4.78 is 0. The molecule has 134 valence electrons. The van der Waals surface area contributed by atoms with Crippen molar-refractivity contribution in [3.05, 3.63) is 35.4 Å². The minimum atomic E-state index is -0.285. The molecule has 1 saturated carbocycles. The van der Waals surface area contributed by atoms with Crippen LogP contribution in [0.1, 0.15) is 49.7 Å². The van der Waals surface area contributed by atoms with Crippen molar-refractivity contribution in [1.29, 1.82) is 0 Å². The van der Waals surface area contributed by atoms with Crippen LogP contribution in [0.25, 0.3) is 0 Å². The highest BCUT2D eigenvalue weighted by atomic mass is 16.2. The van der Waals surface area contributed by atoms with E-state index in [1.165, 1.54) is 24.0 Å². The second-order valence-electron chi connectivity index (χ2n) is 7.59. The number of benzene rings is 1. The summed E-state index contributed by atoms with van der Waals surface area (Å²) in [4.78, 5) is 27.5. The van der Waals surface area contributed by atoms with Gasteiger partial charge >= 0.3 is 0 Å². The van der Waals surface area contributed by atoms with Gasteiger partial charge in [-0.05, 0) is 43.2 Å². The van der Waals surface area contributed by atoms with E-state index in [0.717, 1.165) is 32.2 Å². The molecule has 0 spiro atoms. The molecular formula is C20H27N3O2. The van der Waals surface area contributed by atoms with Gasteiger partial charge in [0.2, 0.25) is 11.8 Å². The Kier molecular flexibility index (Phi) is 4.75. The zero-order chi connectivity index (χ0) is 17.2. The van der Waals surface area contributed by atoms with Crippen LogP contribution in [0.2, 0.25) is 0 Å². The molecule has 2 heterocycles. The summed E-state index contributed by atoms with van der Waals surface area (Å²) in [6, 6.07) is 8.08. The van der Waals surface area contributed by atoms with E-state index in [1.54, 1.807) is 0 Å². The van der Waals surface area contributed by atoms with Crippen LogP contribution in [0, 0.1) is 0 Å². The van der Waals surface area contributed by atoms with Gasteiger partial charge < -0.3 is 15.5 Å². The number of nitrogens with zero attached hydrogens (tertiary/aromatic N) is 1. The fraction of sp³-hybridized carbons (Fsp3) is 0.600. The van der Waals surface area contributed by atoms with Gasteiger partial charge in [-0.3, -0.25) is 9.59 Å². The van der Waals surface area contributed by atoms with E-state index < -0.39 is 0 Å². The van der Waals surface area contributed by atoms with Gasteiger partial charge in [-0.15, -0.1) is 0 Å². The fourth-order valence-corrected chi connectivity index (χ4v) is 4.50. The zero-order valence-corrected chi connectivity index (χ0v) is 14.7. The van der Waals surface area contributed by atoms with Crippen molar-refractivity contribution in [3.63, 3.8) is 0 Å². The largest absolute Gasteiger partial charge is 0.352 e. The first-order valence-corrected chi connectivity index (χ1v) is 9.63. The molecule has 0 radical (unpaired) electrons. The molecule has 2 fully saturated rings. The molecule has 5 nitrogen and oxygen atoms in total. The Balaban J connectivity index is 1.41. The van der Waals surface area contributed by atoms with Gasteiger partial charge in [0.25, 0.3) is 0 Å². The third-order valence-corrected chi connectivity index (χ3v) is 5.92. The number of likely N-dealkylation sites (tertiary alicyclic amines) is 1. The quantitative estimate of drug-likeness (QED) is 0.880. The summed E-state index contributed by atoms with van der Waals surface area (Å²) in [5, 5.41) is 6.53. The van der Waals surface area contributed by atoms with E-state index in [1.807, 2.05) is 17.0 Å². The molecule has 1 saturated heterocycles. The molecule has 1 aliphatic carbocycles. The van der Waals surface area contributed by atoms with Crippen LogP contribution in [0.3, 0.4) is 0 Å². The van der Waals surface area contributed by atoms with Crippen molar-refractivity contribution in [1.82, 2.24) is 15.5 Å². The first kappa shape index (κ1) is 16.6. The molecule has 0 bridgehead atoms. The van der Waals surface area contributed by atoms with Gasteiger partial charge in [-0.25, -0.2) is 0 Å². The van der Waals surface area contributed by atoms with Gasteiger partial charge in [-0.1, -0.05) is 37.1 Å². The van der Waals surface area contributed by atoms with Gasteiger partial charge in [0.1, 0.15) is 6.04 Å². The number of rotatable bonds is 3. The SMILES string of the molecule is O=C(NC1CCCC1)[C@@H]1CCCN1C(=O)[C@@H]1Cc2ccccc2CN1. The lowest BCUT2D eigenvalue weighted by Crippen LogP contribution is -2.54. The molecule has 1 aromatic carbocycles. The van der Waals surface area contributed by atoms with Crippen molar-refractivity contribution in [3.8, 4) is 0 Å². The average Bonchev–Trinajstić information content (AvgIpc) is 3.32. The molecule has 4 rings (SSSR count). The first-order chi connectivity index (χ1) is 12.2. The summed E-state index contributed by atoms with van der Waals surface area (Å²) in [7, 11) is 0. The smallest absolute Gasteiger partial charge is 0.243 e. The lowest BCUT2D eigenvalue weighted by Gasteiger charge is -2.32. The number of nitrogens with one attached hydrogen (secondary N) is 2.